The highest BCUT2D eigenvalue weighted by molar-refractivity contribution is 5.83. The van der Waals surface area contributed by atoms with Crippen LogP contribution in [0.2, 0.25) is 0 Å². The molecule has 0 aromatic heterocycles. The first kappa shape index (κ1) is 12.7. The van der Waals surface area contributed by atoms with E-state index in [4.69, 9.17) is 10.5 Å². The minimum atomic E-state index is -0.272. The summed E-state index contributed by atoms with van der Waals surface area (Å²) in [5.41, 5.74) is 5.81. The topological polar surface area (TPSA) is 52.3 Å². The zero-order valence-electron chi connectivity index (χ0n) is 9.87. The zero-order chi connectivity index (χ0) is 11.3. The Morgan fingerprint density at radius 3 is 2.80 bits per heavy atom. The van der Waals surface area contributed by atoms with Gasteiger partial charge in [0, 0.05) is 13.0 Å². The lowest BCUT2D eigenvalue weighted by Gasteiger charge is -2.14. The second-order valence-corrected chi connectivity index (χ2v) is 4.88. The van der Waals surface area contributed by atoms with Crippen molar-refractivity contribution >= 4 is 5.78 Å². The maximum Gasteiger partial charge on any atom is 0.149 e. The lowest BCUT2D eigenvalue weighted by atomic mass is 9.97. The van der Waals surface area contributed by atoms with Crippen LogP contribution in [0.5, 0.6) is 0 Å². The molecule has 1 saturated heterocycles. The van der Waals surface area contributed by atoms with Gasteiger partial charge in [0.05, 0.1) is 12.1 Å². The average Bonchev–Trinajstić information content (AvgIpc) is 2.65. The Hall–Kier alpha value is -0.410. The highest BCUT2D eigenvalue weighted by atomic mass is 16.5. The van der Waals surface area contributed by atoms with Crippen molar-refractivity contribution in [2.75, 3.05) is 6.61 Å². The third-order valence-electron chi connectivity index (χ3n) is 2.88. The molecule has 1 aliphatic heterocycles. The quantitative estimate of drug-likeness (QED) is 0.733. The first-order valence-electron chi connectivity index (χ1n) is 5.99. The molecule has 1 rings (SSSR count). The largest absolute Gasteiger partial charge is 0.378 e. The molecule has 2 unspecified atom stereocenters. The molecule has 1 heterocycles. The summed E-state index contributed by atoms with van der Waals surface area (Å²) >= 11 is 0. The van der Waals surface area contributed by atoms with Crippen molar-refractivity contribution in [3.63, 3.8) is 0 Å². The van der Waals surface area contributed by atoms with Crippen LogP contribution < -0.4 is 5.73 Å². The van der Waals surface area contributed by atoms with E-state index >= 15 is 0 Å². The Morgan fingerprint density at radius 1 is 1.53 bits per heavy atom. The van der Waals surface area contributed by atoms with E-state index in [2.05, 4.69) is 13.8 Å². The molecule has 0 spiro atoms. The van der Waals surface area contributed by atoms with Crippen LogP contribution in [0.1, 0.15) is 46.0 Å². The lowest BCUT2D eigenvalue weighted by molar-refractivity contribution is -0.121. The highest BCUT2D eigenvalue weighted by Crippen LogP contribution is 2.17. The number of nitrogens with two attached hydrogens (primary N) is 1. The number of ketones is 1. The van der Waals surface area contributed by atoms with Gasteiger partial charge in [-0.25, -0.2) is 0 Å². The van der Waals surface area contributed by atoms with Gasteiger partial charge in [-0.2, -0.15) is 0 Å². The van der Waals surface area contributed by atoms with Gasteiger partial charge < -0.3 is 10.5 Å². The van der Waals surface area contributed by atoms with Crippen LogP contribution in [0.15, 0.2) is 0 Å². The van der Waals surface area contributed by atoms with Crippen molar-refractivity contribution in [2.45, 2.75) is 58.1 Å². The van der Waals surface area contributed by atoms with E-state index in [-0.39, 0.29) is 11.8 Å². The molecule has 0 bridgehead atoms. The molecule has 0 amide bonds. The van der Waals surface area contributed by atoms with Crippen molar-refractivity contribution < 1.29 is 9.53 Å². The number of carbonyl (C=O) groups excluding carboxylic acids is 1. The van der Waals surface area contributed by atoms with Crippen LogP contribution in [0.25, 0.3) is 0 Å². The van der Waals surface area contributed by atoms with Gasteiger partial charge in [0.1, 0.15) is 5.78 Å². The van der Waals surface area contributed by atoms with E-state index in [9.17, 15) is 4.79 Å². The Morgan fingerprint density at radius 2 is 2.27 bits per heavy atom. The molecular formula is C12H23NO2. The summed E-state index contributed by atoms with van der Waals surface area (Å²) in [6, 6.07) is -0.272. The second-order valence-electron chi connectivity index (χ2n) is 4.88. The summed E-state index contributed by atoms with van der Waals surface area (Å²) < 4.78 is 5.47. The molecule has 1 aliphatic rings. The summed E-state index contributed by atoms with van der Waals surface area (Å²) in [5, 5.41) is 0. The van der Waals surface area contributed by atoms with E-state index in [1.807, 2.05) is 0 Å². The third-order valence-corrected chi connectivity index (χ3v) is 2.88. The highest BCUT2D eigenvalue weighted by Gasteiger charge is 2.19. The van der Waals surface area contributed by atoms with Gasteiger partial charge in [-0.1, -0.05) is 13.8 Å². The Balaban J connectivity index is 2.16. The van der Waals surface area contributed by atoms with Gasteiger partial charge in [-0.15, -0.1) is 0 Å². The molecule has 88 valence electrons. The van der Waals surface area contributed by atoms with Gasteiger partial charge >= 0.3 is 0 Å². The fourth-order valence-electron chi connectivity index (χ4n) is 2.00. The predicted molar refractivity (Wildman–Crippen MR) is 60.6 cm³/mol. The van der Waals surface area contributed by atoms with Gasteiger partial charge in [0.25, 0.3) is 0 Å². The van der Waals surface area contributed by atoms with Gasteiger partial charge in [0.15, 0.2) is 0 Å². The Labute approximate surface area is 92.4 Å². The SMILES string of the molecule is CC(C)CC(N)C(=O)CCC1CCCO1. The fourth-order valence-corrected chi connectivity index (χ4v) is 2.00. The van der Waals surface area contributed by atoms with Crippen LogP contribution in [0, 0.1) is 5.92 Å². The van der Waals surface area contributed by atoms with Gasteiger partial charge in [-0.05, 0) is 31.6 Å². The molecule has 2 N–H and O–H groups in total. The molecule has 0 aromatic carbocycles. The van der Waals surface area contributed by atoms with Crippen molar-refractivity contribution in [3.05, 3.63) is 0 Å². The summed E-state index contributed by atoms with van der Waals surface area (Å²) in [7, 11) is 0. The van der Waals surface area contributed by atoms with E-state index in [0.29, 0.717) is 18.4 Å². The van der Waals surface area contributed by atoms with E-state index in [1.165, 1.54) is 0 Å². The number of carbonyl (C=O) groups is 1. The Bertz CT molecular complexity index is 198. The molecule has 3 nitrogen and oxygen atoms in total. The smallest absolute Gasteiger partial charge is 0.149 e. The van der Waals surface area contributed by atoms with Gasteiger partial charge in [0.2, 0.25) is 0 Å². The molecule has 3 heteroatoms. The standard InChI is InChI=1S/C12H23NO2/c1-9(2)8-11(13)12(14)6-5-10-4-3-7-15-10/h9-11H,3-8,13H2,1-2H3. The lowest BCUT2D eigenvalue weighted by Crippen LogP contribution is -2.32. The van der Waals surface area contributed by atoms with Crippen LogP contribution in [-0.2, 0) is 9.53 Å². The summed E-state index contributed by atoms with van der Waals surface area (Å²) in [6.07, 6.45) is 4.78. The molecule has 0 saturated carbocycles. The van der Waals surface area contributed by atoms with Crippen molar-refractivity contribution in [1.29, 1.82) is 0 Å². The fraction of sp³-hybridized carbons (Fsp3) is 0.917. The maximum atomic E-state index is 11.7. The van der Waals surface area contributed by atoms with Crippen LogP contribution in [0.4, 0.5) is 0 Å². The molecule has 0 aromatic rings. The first-order valence-corrected chi connectivity index (χ1v) is 5.99. The number of Topliss-reactive ketones (excluding diaryl/α,β-unsaturated/α-hetero) is 1. The summed E-state index contributed by atoms with van der Waals surface area (Å²) in [6.45, 7) is 5.04. The Kier molecular flexibility index (Phi) is 5.26. The molecular weight excluding hydrogens is 190 g/mol. The van der Waals surface area contributed by atoms with Crippen molar-refractivity contribution in [2.24, 2.45) is 11.7 Å². The third kappa shape index (κ3) is 4.76. The summed E-state index contributed by atoms with van der Waals surface area (Å²) in [4.78, 5) is 11.7. The average molecular weight is 213 g/mol. The zero-order valence-corrected chi connectivity index (χ0v) is 9.87. The normalized spacial score (nSPS) is 23.3. The van der Waals surface area contributed by atoms with Crippen LogP contribution in [-0.4, -0.2) is 24.5 Å². The van der Waals surface area contributed by atoms with E-state index in [0.717, 1.165) is 32.3 Å². The van der Waals surface area contributed by atoms with E-state index in [1.54, 1.807) is 0 Å². The van der Waals surface area contributed by atoms with E-state index < -0.39 is 0 Å². The van der Waals surface area contributed by atoms with Crippen molar-refractivity contribution in [3.8, 4) is 0 Å². The molecule has 0 radical (unpaired) electrons. The summed E-state index contributed by atoms with van der Waals surface area (Å²) in [5.74, 6) is 0.686. The predicted octanol–water partition coefficient (Wildman–Crippen LogP) is 1.89. The number of ether oxygens (including phenoxy) is 1. The number of hydrogen-bond acceptors (Lipinski definition) is 3. The van der Waals surface area contributed by atoms with Gasteiger partial charge in [-0.3, -0.25) is 4.79 Å². The molecule has 2 atom stereocenters. The minimum absolute atomic E-state index is 0.194. The minimum Gasteiger partial charge on any atom is -0.378 e. The maximum absolute atomic E-state index is 11.7. The van der Waals surface area contributed by atoms with Crippen LogP contribution >= 0.6 is 0 Å². The molecule has 0 aliphatic carbocycles. The monoisotopic (exact) mass is 213 g/mol. The molecule has 15 heavy (non-hydrogen) atoms. The van der Waals surface area contributed by atoms with Crippen molar-refractivity contribution in [1.82, 2.24) is 0 Å². The molecule has 1 fully saturated rings. The first-order chi connectivity index (χ1) is 7.09. The second kappa shape index (κ2) is 6.23. The number of rotatable bonds is 6. The van der Waals surface area contributed by atoms with Crippen LogP contribution in [0.3, 0.4) is 0 Å². The number of hydrogen-bond donors (Lipinski definition) is 1.